The van der Waals surface area contributed by atoms with E-state index in [0.29, 0.717) is 25.0 Å². The van der Waals surface area contributed by atoms with Crippen molar-refractivity contribution in [2.75, 3.05) is 13.2 Å². The van der Waals surface area contributed by atoms with Gasteiger partial charge in [0, 0.05) is 29.7 Å². The second-order valence-corrected chi connectivity index (χ2v) is 6.15. The molecule has 120 valence electrons. The zero-order valence-electron chi connectivity index (χ0n) is 13.1. The summed E-state index contributed by atoms with van der Waals surface area (Å²) >= 11 is 0. The highest BCUT2D eigenvalue weighted by Crippen LogP contribution is 2.35. The smallest absolute Gasteiger partial charge is 0.337 e. The van der Waals surface area contributed by atoms with Gasteiger partial charge in [-0.15, -0.1) is 0 Å². The van der Waals surface area contributed by atoms with Gasteiger partial charge in [-0.3, -0.25) is 4.90 Å². The van der Waals surface area contributed by atoms with Crippen molar-refractivity contribution in [1.29, 1.82) is 0 Å². The normalized spacial score (nSPS) is 21.2. The van der Waals surface area contributed by atoms with Crippen molar-refractivity contribution in [3.05, 3.63) is 46.9 Å². The van der Waals surface area contributed by atoms with Crippen LogP contribution < -0.4 is 0 Å². The van der Waals surface area contributed by atoms with Crippen molar-refractivity contribution < 1.29 is 14.6 Å². The molecule has 1 atom stereocenters. The Hall–Kier alpha value is -2.27. The molecule has 5 heteroatoms. The molecule has 0 aliphatic carbocycles. The highest BCUT2D eigenvalue weighted by atomic mass is 16.5. The predicted molar refractivity (Wildman–Crippen MR) is 87.1 cm³/mol. The van der Waals surface area contributed by atoms with Crippen LogP contribution in [0.25, 0.3) is 10.9 Å². The Kier molecular flexibility index (Phi) is 3.38. The highest BCUT2D eigenvalue weighted by Gasteiger charge is 2.37. The number of carbonyl (C=O) groups excluding carboxylic acids is 1. The van der Waals surface area contributed by atoms with Gasteiger partial charge in [0.1, 0.15) is 5.76 Å². The molecule has 2 aromatic rings. The van der Waals surface area contributed by atoms with Crippen molar-refractivity contribution in [1.82, 2.24) is 9.88 Å². The molecular formula is C18H20N2O3. The first-order valence-electron chi connectivity index (χ1n) is 8.10. The first-order chi connectivity index (χ1) is 11.2. The molecule has 2 aliphatic rings. The maximum atomic E-state index is 12.0. The van der Waals surface area contributed by atoms with E-state index in [1.54, 1.807) is 6.92 Å². The molecule has 2 N–H and O–H groups in total. The molecule has 2 aliphatic heterocycles. The van der Waals surface area contributed by atoms with Gasteiger partial charge >= 0.3 is 5.97 Å². The van der Waals surface area contributed by atoms with E-state index in [1.165, 1.54) is 16.6 Å². The number of rotatable bonds is 2. The molecule has 0 saturated carbocycles. The molecule has 3 heterocycles. The third-order valence-corrected chi connectivity index (χ3v) is 4.90. The molecule has 1 aromatic carbocycles. The van der Waals surface area contributed by atoms with Crippen LogP contribution in [0.2, 0.25) is 0 Å². The van der Waals surface area contributed by atoms with Gasteiger partial charge in [0.05, 0.1) is 18.2 Å². The summed E-state index contributed by atoms with van der Waals surface area (Å²) in [6.07, 6.45) is 1.25. The number of nitrogens with one attached hydrogen (secondary N) is 1. The van der Waals surface area contributed by atoms with E-state index in [1.807, 2.05) is 12.1 Å². The topological polar surface area (TPSA) is 65.6 Å². The van der Waals surface area contributed by atoms with E-state index in [4.69, 9.17) is 4.74 Å². The lowest BCUT2D eigenvalue weighted by molar-refractivity contribution is -0.139. The van der Waals surface area contributed by atoms with Crippen LogP contribution in [0.3, 0.4) is 0 Å². The summed E-state index contributed by atoms with van der Waals surface area (Å²) in [6.45, 7) is 3.65. The largest absolute Gasteiger partial charge is 0.510 e. The minimum atomic E-state index is -0.380. The molecule has 1 aromatic heterocycles. The SMILES string of the molecule is CCOC(=O)C1=C(O)C2Cc3c([nH]c4ccccc34)CN2CC1. The number of aliphatic hydroxyl groups is 1. The van der Waals surface area contributed by atoms with E-state index in [2.05, 4.69) is 22.0 Å². The second kappa shape index (κ2) is 5.42. The molecule has 0 bridgehead atoms. The lowest BCUT2D eigenvalue weighted by Gasteiger charge is -2.39. The molecular weight excluding hydrogens is 292 g/mol. The second-order valence-electron chi connectivity index (χ2n) is 6.15. The Morgan fingerprint density at radius 3 is 3.09 bits per heavy atom. The third-order valence-electron chi connectivity index (χ3n) is 4.90. The Morgan fingerprint density at radius 1 is 1.43 bits per heavy atom. The summed E-state index contributed by atoms with van der Waals surface area (Å²) in [4.78, 5) is 17.7. The zero-order chi connectivity index (χ0) is 16.0. The van der Waals surface area contributed by atoms with Crippen molar-refractivity contribution >= 4 is 16.9 Å². The molecule has 0 saturated heterocycles. The van der Waals surface area contributed by atoms with E-state index < -0.39 is 0 Å². The number of nitrogens with zero attached hydrogens (tertiary/aromatic N) is 1. The number of esters is 1. The Labute approximate surface area is 134 Å². The molecule has 5 nitrogen and oxygen atoms in total. The van der Waals surface area contributed by atoms with Crippen molar-refractivity contribution in [2.45, 2.75) is 32.4 Å². The molecule has 0 fully saturated rings. The first kappa shape index (κ1) is 14.3. The highest BCUT2D eigenvalue weighted by molar-refractivity contribution is 5.89. The molecule has 0 radical (unpaired) electrons. The Bertz CT molecular complexity index is 806. The van der Waals surface area contributed by atoms with Gasteiger partial charge in [0.15, 0.2) is 0 Å². The predicted octanol–water partition coefficient (Wildman–Crippen LogP) is 2.67. The van der Waals surface area contributed by atoms with Crippen molar-refractivity contribution in [2.24, 2.45) is 0 Å². The van der Waals surface area contributed by atoms with Gasteiger partial charge in [-0.05, 0) is 31.4 Å². The third kappa shape index (κ3) is 2.23. The molecule has 0 spiro atoms. The van der Waals surface area contributed by atoms with E-state index in [0.717, 1.165) is 18.6 Å². The van der Waals surface area contributed by atoms with Crippen LogP contribution in [-0.4, -0.2) is 40.2 Å². The van der Waals surface area contributed by atoms with E-state index >= 15 is 0 Å². The average Bonchev–Trinajstić information content (AvgIpc) is 2.91. The van der Waals surface area contributed by atoms with Gasteiger partial charge in [0.25, 0.3) is 0 Å². The maximum absolute atomic E-state index is 12.0. The number of ether oxygens (including phenoxy) is 1. The van der Waals surface area contributed by atoms with Crippen molar-refractivity contribution in [3.63, 3.8) is 0 Å². The summed E-state index contributed by atoms with van der Waals surface area (Å²) in [5.74, 6) is -0.194. The molecule has 23 heavy (non-hydrogen) atoms. The van der Waals surface area contributed by atoms with Gasteiger partial charge in [-0.1, -0.05) is 18.2 Å². The van der Waals surface area contributed by atoms with Crippen molar-refractivity contribution in [3.8, 4) is 0 Å². The minimum absolute atomic E-state index is 0.130. The summed E-state index contributed by atoms with van der Waals surface area (Å²) in [5, 5.41) is 11.8. The number of aliphatic hydroxyl groups excluding tert-OH is 1. The van der Waals surface area contributed by atoms with Gasteiger partial charge in [0.2, 0.25) is 0 Å². The van der Waals surface area contributed by atoms with Gasteiger partial charge < -0.3 is 14.8 Å². The number of aromatic amines is 1. The van der Waals surface area contributed by atoms with Crippen LogP contribution in [0, 0.1) is 0 Å². The Morgan fingerprint density at radius 2 is 2.26 bits per heavy atom. The Balaban J connectivity index is 1.72. The number of para-hydroxylation sites is 1. The lowest BCUT2D eigenvalue weighted by Crippen LogP contribution is -2.46. The number of carbonyl (C=O) groups is 1. The standard InChI is InChI=1S/C18H20N2O3/c1-2-23-18(22)12-7-8-20-10-15-13(9-16(20)17(12)21)11-5-3-4-6-14(11)19-15/h3-6,16,19,21H,2,7-10H2,1H3. The summed E-state index contributed by atoms with van der Waals surface area (Å²) < 4.78 is 5.07. The van der Waals surface area contributed by atoms with Crippen LogP contribution in [0.15, 0.2) is 35.6 Å². The number of benzene rings is 1. The number of aromatic nitrogens is 1. The fourth-order valence-electron chi connectivity index (χ4n) is 3.77. The fraction of sp³-hybridized carbons (Fsp3) is 0.389. The number of hydrogen-bond donors (Lipinski definition) is 2. The lowest BCUT2D eigenvalue weighted by atomic mass is 9.90. The zero-order valence-corrected chi connectivity index (χ0v) is 13.1. The van der Waals surface area contributed by atoms with Crippen LogP contribution in [0.4, 0.5) is 0 Å². The monoisotopic (exact) mass is 312 g/mol. The fourth-order valence-corrected chi connectivity index (χ4v) is 3.77. The van der Waals surface area contributed by atoms with Gasteiger partial charge in [-0.2, -0.15) is 0 Å². The summed E-state index contributed by atoms with van der Waals surface area (Å²) in [5.41, 5.74) is 4.04. The van der Waals surface area contributed by atoms with Crippen LogP contribution in [0.1, 0.15) is 24.6 Å². The minimum Gasteiger partial charge on any atom is -0.510 e. The molecule has 4 rings (SSSR count). The average molecular weight is 312 g/mol. The van der Waals surface area contributed by atoms with Crippen LogP contribution in [-0.2, 0) is 22.5 Å². The number of H-pyrrole nitrogens is 1. The first-order valence-corrected chi connectivity index (χ1v) is 8.10. The van der Waals surface area contributed by atoms with Crippen LogP contribution in [0.5, 0.6) is 0 Å². The molecule has 1 unspecified atom stereocenters. The quantitative estimate of drug-likeness (QED) is 0.837. The molecule has 0 amide bonds. The maximum Gasteiger partial charge on any atom is 0.337 e. The summed E-state index contributed by atoms with van der Waals surface area (Å²) in [7, 11) is 0. The van der Waals surface area contributed by atoms with Crippen LogP contribution >= 0.6 is 0 Å². The van der Waals surface area contributed by atoms with E-state index in [9.17, 15) is 9.90 Å². The number of hydrogen-bond acceptors (Lipinski definition) is 4. The van der Waals surface area contributed by atoms with E-state index in [-0.39, 0.29) is 17.8 Å². The van der Waals surface area contributed by atoms with Gasteiger partial charge in [-0.25, -0.2) is 4.79 Å². The number of fused-ring (bicyclic) bond motifs is 4. The summed E-state index contributed by atoms with van der Waals surface area (Å²) in [6, 6.07) is 8.11.